The summed E-state index contributed by atoms with van der Waals surface area (Å²) in [6, 6.07) is 14.8. The molecule has 1 heterocycles. The predicted molar refractivity (Wildman–Crippen MR) is 101 cm³/mol. The summed E-state index contributed by atoms with van der Waals surface area (Å²) in [6.07, 6.45) is 3.96. The van der Waals surface area contributed by atoms with Gasteiger partial charge in [-0.3, -0.25) is 0 Å². The summed E-state index contributed by atoms with van der Waals surface area (Å²) in [7, 11) is 0. The predicted octanol–water partition coefficient (Wildman–Crippen LogP) is 5.60. The Morgan fingerprint density at radius 3 is 2.72 bits per heavy atom. The van der Waals surface area contributed by atoms with Crippen LogP contribution < -0.4 is 0 Å². The summed E-state index contributed by atoms with van der Waals surface area (Å²) in [5.41, 5.74) is 6.42. The molecule has 3 atom stereocenters. The van der Waals surface area contributed by atoms with Crippen LogP contribution in [0.1, 0.15) is 48.8 Å². The molecule has 1 fully saturated rings. The van der Waals surface area contributed by atoms with E-state index >= 15 is 0 Å². The Kier molecular flexibility index (Phi) is 3.18. The van der Waals surface area contributed by atoms with Gasteiger partial charge in [-0.1, -0.05) is 37.3 Å². The Morgan fingerprint density at radius 2 is 1.92 bits per heavy atom. The molecule has 0 saturated heterocycles. The van der Waals surface area contributed by atoms with E-state index < -0.39 is 0 Å². The average molecular weight is 332 g/mol. The number of aliphatic hydroxyl groups is 1. The van der Waals surface area contributed by atoms with Crippen molar-refractivity contribution < 1.29 is 9.52 Å². The molecule has 0 bridgehead atoms. The highest BCUT2D eigenvalue weighted by Crippen LogP contribution is 2.57. The van der Waals surface area contributed by atoms with Gasteiger partial charge in [0, 0.05) is 16.4 Å². The lowest BCUT2D eigenvalue weighted by Crippen LogP contribution is -2.35. The molecule has 5 rings (SSSR count). The fraction of sp³-hybridized carbons (Fsp3) is 0.391. The van der Waals surface area contributed by atoms with Crippen LogP contribution in [0.5, 0.6) is 0 Å². The number of furan rings is 1. The summed E-state index contributed by atoms with van der Waals surface area (Å²) in [5.74, 6) is 1.42. The number of hydrogen-bond acceptors (Lipinski definition) is 2. The van der Waals surface area contributed by atoms with E-state index in [0.717, 1.165) is 42.6 Å². The Morgan fingerprint density at radius 1 is 1.12 bits per heavy atom. The Balaban J connectivity index is 1.71. The molecule has 2 aromatic carbocycles. The zero-order valence-electron chi connectivity index (χ0n) is 14.9. The number of benzene rings is 2. The molecule has 0 spiro atoms. The first kappa shape index (κ1) is 15.2. The van der Waals surface area contributed by atoms with Crippen molar-refractivity contribution in [3.05, 3.63) is 59.2 Å². The van der Waals surface area contributed by atoms with Crippen LogP contribution in [-0.4, -0.2) is 11.2 Å². The van der Waals surface area contributed by atoms with Gasteiger partial charge in [0.15, 0.2) is 0 Å². The maximum Gasteiger partial charge on any atom is 0.135 e. The molecule has 2 aliphatic rings. The smallest absolute Gasteiger partial charge is 0.135 e. The van der Waals surface area contributed by atoms with Crippen LogP contribution >= 0.6 is 0 Å². The first-order valence-electron chi connectivity index (χ1n) is 9.37. The van der Waals surface area contributed by atoms with Gasteiger partial charge in [-0.15, -0.1) is 0 Å². The minimum Gasteiger partial charge on any atom is -0.456 e. The van der Waals surface area contributed by atoms with Gasteiger partial charge in [0.25, 0.3) is 0 Å². The molecule has 2 nitrogen and oxygen atoms in total. The number of fused-ring (bicyclic) bond motifs is 5. The highest BCUT2D eigenvalue weighted by molar-refractivity contribution is 5.88. The molecule has 2 heteroatoms. The molecule has 0 amide bonds. The molecular formula is C23H24O2. The maximum atomic E-state index is 10.5. The van der Waals surface area contributed by atoms with Crippen molar-refractivity contribution in [3.63, 3.8) is 0 Å². The van der Waals surface area contributed by atoms with E-state index in [1.165, 1.54) is 22.1 Å². The van der Waals surface area contributed by atoms with Gasteiger partial charge in [0.2, 0.25) is 0 Å². The van der Waals surface area contributed by atoms with Crippen LogP contribution in [0.4, 0.5) is 0 Å². The van der Waals surface area contributed by atoms with Crippen LogP contribution in [0.25, 0.3) is 22.3 Å². The number of aliphatic hydroxyl groups excluding tert-OH is 1. The van der Waals surface area contributed by atoms with E-state index in [0.29, 0.717) is 5.92 Å². The average Bonchev–Trinajstić information content (AvgIpc) is 3.17. The van der Waals surface area contributed by atoms with Gasteiger partial charge >= 0.3 is 0 Å². The van der Waals surface area contributed by atoms with Gasteiger partial charge in [0.1, 0.15) is 11.3 Å². The van der Waals surface area contributed by atoms with Crippen LogP contribution in [0.15, 0.2) is 46.9 Å². The summed E-state index contributed by atoms with van der Waals surface area (Å²) < 4.78 is 6.21. The topological polar surface area (TPSA) is 33.4 Å². The second-order valence-electron chi connectivity index (χ2n) is 8.13. The van der Waals surface area contributed by atoms with Crippen molar-refractivity contribution in [1.82, 2.24) is 0 Å². The number of hydrogen-bond donors (Lipinski definition) is 1. The van der Waals surface area contributed by atoms with Gasteiger partial charge in [-0.2, -0.15) is 0 Å². The molecule has 1 N–H and O–H groups in total. The third-order valence-corrected chi connectivity index (χ3v) is 6.79. The highest BCUT2D eigenvalue weighted by Gasteiger charge is 2.49. The molecule has 128 valence electrons. The lowest BCUT2D eigenvalue weighted by molar-refractivity contribution is 0.0457. The van der Waals surface area contributed by atoms with Crippen molar-refractivity contribution in [2.45, 2.75) is 51.6 Å². The molecule has 25 heavy (non-hydrogen) atoms. The van der Waals surface area contributed by atoms with Crippen molar-refractivity contribution in [3.8, 4) is 11.3 Å². The van der Waals surface area contributed by atoms with Crippen LogP contribution in [0, 0.1) is 12.3 Å². The minimum absolute atomic E-state index is 0.0391. The van der Waals surface area contributed by atoms with Crippen LogP contribution in [0.3, 0.4) is 0 Å². The molecule has 1 aromatic heterocycles. The van der Waals surface area contributed by atoms with Gasteiger partial charge in [-0.05, 0) is 67.3 Å². The first-order chi connectivity index (χ1) is 12.1. The zero-order chi connectivity index (χ0) is 17.2. The van der Waals surface area contributed by atoms with E-state index in [9.17, 15) is 5.11 Å². The SMILES string of the molecule is Cc1cc2oc(-c3ccccc3)cc2c2c1[C@@H]1CC[C@H](O)[C@]1(C)CC2. The van der Waals surface area contributed by atoms with Crippen LogP contribution in [0.2, 0.25) is 0 Å². The molecule has 0 unspecified atom stereocenters. The van der Waals surface area contributed by atoms with Crippen LogP contribution in [-0.2, 0) is 6.42 Å². The summed E-state index contributed by atoms with van der Waals surface area (Å²) in [6.45, 7) is 4.49. The lowest BCUT2D eigenvalue weighted by Gasteiger charge is -2.41. The second-order valence-corrected chi connectivity index (χ2v) is 8.13. The Labute approximate surface area is 148 Å². The Bertz CT molecular complexity index is 953. The quantitative estimate of drug-likeness (QED) is 0.629. The van der Waals surface area contributed by atoms with Gasteiger partial charge in [-0.25, -0.2) is 0 Å². The molecule has 2 aliphatic carbocycles. The number of rotatable bonds is 1. The van der Waals surface area contributed by atoms with E-state index in [1.54, 1.807) is 0 Å². The van der Waals surface area contributed by atoms with E-state index in [4.69, 9.17) is 4.42 Å². The van der Waals surface area contributed by atoms with Crippen molar-refractivity contribution in [2.75, 3.05) is 0 Å². The standard InChI is InChI=1S/C23H24O2/c1-14-12-20-17(13-19(25-20)15-6-4-3-5-7-15)16-10-11-23(2)18(22(14)16)8-9-21(23)24/h3-7,12-13,18,21,24H,8-11H2,1-2H3/t18-,21-,23+/m0/s1. The first-order valence-corrected chi connectivity index (χ1v) is 9.37. The van der Waals surface area contributed by atoms with Crippen molar-refractivity contribution in [1.29, 1.82) is 0 Å². The maximum absolute atomic E-state index is 10.5. The Hall–Kier alpha value is -2.06. The van der Waals surface area contributed by atoms with Crippen molar-refractivity contribution in [2.24, 2.45) is 5.41 Å². The molecule has 0 radical (unpaired) electrons. The molecule has 1 saturated carbocycles. The summed E-state index contributed by atoms with van der Waals surface area (Å²) >= 11 is 0. The highest BCUT2D eigenvalue weighted by atomic mass is 16.3. The van der Waals surface area contributed by atoms with Gasteiger partial charge in [0.05, 0.1) is 6.10 Å². The summed E-state index contributed by atoms with van der Waals surface area (Å²) in [5, 5.41) is 11.8. The monoisotopic (exact) mass is 332 g/mol. The minimum atomic E-state index is -0.162. The fourth-order valence-corrected chi connectivity index (χ4v) is 5.33. The largest absolute Gasteiger partial charge is 0.456 e. The third-order valence-electron chi connectivity index (χ3n) is 6.79. The van der Waals surface area contributed by atoms with E-state index in [-0.39, 0.29) is 11.5 Å². The van der Waals surface area contributed by atoms with Crippen molar-refractivity contribution >= 4 is 11.0 Å². The normalized spacial score (nSPS) is 28.1. The molecule has 0 aliphatic heterocycles. The summed E-state index contributed by atoms with van der Waals surface area (Å²) in [4.78, 5) is 0. The number of aryl methyl sites for hydroxylation is 2. The van der Waals surface area contributed by atoms with E-state index in [1.807, 2.05) is 6.07 Å². The van der Waals surface area contributed by atoms with E-state index in [2.05, 4.69) is 50.2 Å². The van der Waals surface area contributed by atoms with Gasteiger partial charge < -0.3 is 9.52 Å². The molecule has 3 aromatic rings. The second kappa shape index (κ2) is 5.22. The third kappa shape index (κ3) is 2.07. The fourth-order valence-electron chi connectivity index (χ4n) is 5.33. The molecular weight excluding hydrogens is 308 g/mol. The zero-order valence-corrected chi connectivity index (χ0v) is 14.9. The lowest BCUT2D eigenvalue weighted by atomic mass is 9.64.